The Kier molecular flexibility index (Phi) is 11.9. The molecule has 0 unspecified atom stereocenters. The van der Waals surface area contributed by atoms with Crippen LogP contribution < -0.4 is 16.4 Å². The number of rotatable bonds is 11. The fourth-order valence-corrected chi connectivity index (χ4v) is 5.21. The van der Waals surface area contributed by atoms with Gasteiger partial charge in [0.05, 0.1) is 0 Å². The van der Waals surface area contributed by atoms with Gasteiger partial charge in [-0.2, -0.15) is 0 Å². The number of hydrogen-bond donors (Lipinski definition) is 4. The number of anilines is 1. The number of nitrogens with one attached hydrogen (secondary N) is 2. The number of carbonyl (C=O) groups excluding carboxylic acids is 2. The number of carboxylic acid groups (broad SMARTS) is 1. The van der Waals surface area contributed by atoms with E-state index in [1.807, 2.05) is 13.8 Å². The molecule has 1 saturated heterocycles. The molecule has 1 heterocycles. The van der Waals surface area contributed by atoms with Gasteiger partial charge < -0.3 is 26.4 Å². The van der Waals surface area contributed by atoms with E-state index < -0.39 is 40.9 Å². The van der Waals surface area contributed by atoms with Crippen molar-refractivity contribution in [1.29, 1.82) is 0 Å². The first-order chi connectivity index (χ1) is 18.0. The highest BCUT2D eigenvalue weighted by Gasteiger charge is 2.35. The molecule has 5 N–H and O–H groups in total. The summed E-state index contributed by atoms with van der Waals surface area (Å²) in [7, 11) is 0. The lowest BCUT2D eigenvalue weighted by Crippen LogP contribution is -2.46. The lowest BCUT2D eigenvalue weighted by Gasteiger charge is -2.24. The van der Waals surface area contributed by atoms with Crippen LogP contribution in [0.15, 0.2) is 36.4 Å². The number of nitrogens with zero attached hydrogens (tertiary/aromatic N) is 1. The maximum absolute atomic E-state index is 13.9. The average Bonchev–Trinajstić information content (AvgIpc) is 3.35. The van der Waals surface area contributed by atoms with Crippen LogP contribution >= 0.6 is 24.2 Å². The Bertz CT molecular complexity index is 1170. The Morgan fingerprint density at radius 2 is 1.74 bits per heavy atom. The third-order valence-electron chi connectivity index (χ3n) is 6.12. The predicted octanol–water partition coefficient (Wildman–Crippen LogP) is 3.52. The summed E-state index contributed by atoms with van der Waals surface area (Å²) in [6.07, 6.45) is -0.354. The van der Waals surface area contributed by atoms with Crippen LogP contribution in [0, 0.1) is 23.4 Å². The molecule has 3 atom stereocenters. The molecule has 0 bridgehead atoms. The molecule has 2 amide bonds. The van der Waals surface area contributed by atoms with Crippen LogP contribution in [0.2, 0.25) is 0 Å². The molecule has 8 nitrogen and oxygen atoms in total. The second kappa shape index (κ2) is 14.4. The lowest BCUT2D eigenvalue weighted by atomic mass is 10.0. The smallest absolute Gasteiger partial charge is 0.326 e. The molecule has 0 aromatic heterocycles. The topological polar surface area (TPSA) is 125 Å². The molecule has 39 heavy (non-hydrogen) atoms. The van der Waals surface area contributed by atoms with Gasteiger partial charge in [-0.3, -0.25) is 9.59 Å². The number of carbonyl (C=O) groups is 3. The summed E-state index contributed by atoms with van der Waals surface area (Å²) in [5, 5.41) is 14.4. The van der Waals surface area contributed by atoms with Gasteiger partial charge in [0.1, 0.15) is 11.9 Å². The summed E-state index contributed by atoms with van der Waals surface area (Å²) in [5.41, 5.74) is 7.29. The van der Waals surface area contributed by atoms with Crippen molar-refractivity contribution in [3.63, 3.8) is 0 Å². The van der Waals surface area contributed by atoms with Gasteiger partial charge in [0.2, 0.25) is 5.91 Å². The number of benzene rings is 2. The van der Waals surface area contributed by atoms with Crippen LogP contribution in [0.4, 0.5) is 18.9 Å². The summed E-state index contributed by atoms with van der Waals surface area (Å²) in [6.45, 7) is 4.17. The summed E-state index contributed by atoms with van der Waals surface area (Å²) in [5.74, 6) is -4.68. The monoisotopic (exact) mass is 588 g/mol. The van der Waals surface area contributed by atoms with Gasteiger partial charge in [0.25, 0.3) is 5.91 Å². The molecule has 3 rings (SSSR count). The van der Waals surface area contributed by atoms with Crippen LogP contribution in [-0.2, 0) is 27.3 Å². The molecule has 1 aliphatic rings. The molecule has 0 saturated carbocycles. The largest absolute Gasteiger partial charge is 0.480 e. The fourth-order valence-electron chi connectivity index (χ4n) is 4.05. The predicted molar refractivity (Wildman–Crippen MR) is 146 cm³/mol. The summed E-state index contributed by atoms with van der Waals surface area (Å²) in [4.78, 5) is 38.5. The van der Waals surface area contributed by atoms with E-state index in [0.717, 1.165) is 11.6 Å². The maximum Gasteiger partial charge on any atom is 0.326 e. The summed E-state index contributed by atoms with van der Waals surface area (Å²) >= 11 is 1.31. The molecule has 2 aromatic rings. The van der Waals surface area contributed by atoms with E-state index in [1.165, 1.54) is 16.7 Å². The summed E-state index contributed by atoms with van der Waals surface area (Å²) < 4.78 is 40.5. The Balaban J connectivity index is 0.00000533. The normalized spacial score (nSPS) is 16.4. The Hall–Kier alpha value is -2.96. The number of amides is 2. The van der Waals surface area contributed by atoms with Crippen molar-refractivity contribution >= 4 is 47.6 Å². The van der Waals surface area contributed by atoms with Crippen LogP contribution in [-0.4, -0.2) is 57.5 Å². The molecular weight excluding hydrogens is 557 g/mol. The second-order valence-electron chi connectivity index (χ2n) is 9.46. The molecule has 1 aliphatic heterocycles. The first-order valence-corrected chi connectivity index (χ1v) is 13.2. The van der Waals surface area contributed by atoms with Crippen LogP contribution in [0.5, 0.6) is 0 Å². The van der Waals surface area contributed by atoms with Gasteiger partial charge in [0, 0.05) is 43.1 Å². The SMILES string of the molecule is CC(C)[C@H](Nc1ccc(CNC(=O)[C@@H]2SCCN2C(=O)C[C@H](N)Cc2cc(F)c(F)cc2F)cc1)C(=O)O.Cl. The number of aliphatic carboxylic acids is 1. The third kappa shape index (κ3) is 8.77. The highest BCUT2D eigenvalue weighted by molar-refractivity contribution is 8.00. The number of thioether (sulfide) groups is 1. The van der Waals surface area contributed by atoms with Gasteiger partial charge in [-0.15, -0.1) is 24.2 Å². The first-order valence-electron chi connectivity index (χ1n) is 12.1. The Morgan fingerprint density at radius 3 is 2.36 bits per heavy atom. The lowest BCUT2D eigenvalue weighted by molar-refractivity contribution is -0.138. The van der Waals surface area contributed by atoms with Gasteiger partial charge in [-0.25, -0.2) is 18.0 Å². The average molecular weight is 589 g/mol. The number of carboxylic acids is 1. The van der Waals surface area contributed by atoms with Crippen molar-refractivity contribution in [3.8, 4) is 0 Å². The third-order valence-corrected chi connectivity index (χ3v) is 7.32. The van der Waals surface area contributed by atoms with E-state index in [1.54, 1.807) is 24.3 Å². The zero-order chi connectivity index (χ0) is 28.0. The minimum atomic E-state index is -1.30. The summed E-state index contributed by atoms with van der Waals surface area (Å²) in [6, 6.07) is 6.60. The van der Waals surface area contributed by atoms with Crippen molar-refractivity contribution in [2.75, 3.05) is 17.6 Å². The van der Waals surface area contributed by atoms with Gasteiger partial charge in [-0.1, -0.05) is 26.0 Å². The molecule has 1 fully saturated rings. The Labute approximate surface area is 235 Å². The van der Waals surface area contributed by atoms with E-state index in [-0.39, 0.29) is 55.1 Å². The highest BCUT2D eigenvalue weighted by Crippen LogP contribution is 2.25. The van der Waals surface area contributed by atoms with E-state index in [9.17, 15) is 32.7 Å². The van der Waals surface area contributed by atoms with Crippen LogP contribution in [0.3, 0.4) is 0 Å². The second-order valence-corrected chi connectivity index (χ2v) is 10.6. The number of nitrogens with two attached hydrogens (primary N) is 1. The molecule has 2 aromatic carbocycles. The van der Waals surface area contributed by atoms with E-state index in [0.29, 0.717) is 24.1 Å². The fraction of sp³-hybridized carbons (Fsp3) is 0.423. The quantitative estimate of drug-likeness (QED) is 0.296. The molecule has 214 valence electrons. The standard InChI is InChI=1S/C26H31F3N4O4S.ClH/c1-14(2)23(26(36)37)32-18-5-3-15(4-6-18)13-31-24(35)25-33(7-8-38-25)22(34)11-17(30)9-16-10-20(28)21(29)12-19(16)27;/h3-6,10,12,14,17,23,25,32H,7-9,11,13,30H2,1-2H3,(H,31,35)(H,36,37);1H/t17-,23+,25+;/m1./s1. The minimum Gasteiger partial charge on any atom is -0.480 e. The van der Waals surface area contributed by atoms with Crippen molar-refractivity contribution in [2.24, 2.45) is 11.7 Å². The zero-order valence-electron chi connectivity index (χ0n) is 21.5. The van der Waals surface area contributed by atoms with Crippen LogP contribution in [0.1, 0.15) is 31.4 Å². The Morgan fingerprint density at radius 1 is 1.10 bits per heavy atom. The van der Waals surface area contributed by atoms with Crippen molar-refractivity contribution in [1.82, 2.24) is 10.2 Å². The van der Waals surface area contributed by atoms with Gasteiger partial charge in [0.15, 0.2) is 17.0 Å². The van der Waals surface area contributed by atoms with E-state index in [2.05, 4.69) is 10.6 Å². The van der Waals surface area contributed by atoms with E-state index >= 15 is 0 Å². The highest BCUT2D eigenvalue weighted by atomic mass is 35.5. The van der Waals surface area contributed by atoms with Gasteiger partial charge >= 0.3 is 5.97 Å². The van der Waals surface area contributed by atoms with Gasteiger partial charge in [-0.05, 0) is 41.7 Å². The molecule has 0 aliphatic carbocycles. The van der Waals surface area contributed by atoms with Crippen molar-refractivity contribution in [2.45, 2.75) is 50.7 Å². The number of hydrogen-bond acceptors (Lipinski definition) is 6. The minimum absolute atomic E-state index is 0. The maximum atomic E-state index is 13.9. The first kappa shape index (κ1) is 32.3. The molecular formula is C26H32ClF3N4O4S. The van der Waals surface area contributed by atoms with Crippen LogP contribution in [0.25, 0.3) is 0 Å². The van der Waals surface area contributed by atoms with Crippen molar-refractivity contribution < 1.29 is 32.7 Å². The molecule has 0 spiro atoms. The zero-order valence-corrected chi connectivity index (χ0v) is 23.1. The molecule has 0 radical (unpaired) electrons. The number of halogens is 4. The molecule has 13 heteroatoms. The van der Waals surface area contributed by atoms with E-state index in [4.69, 9.17) is 5.73 Å². The van der Waals surface area contributed by atoms with Crippen molar-refractivity contribution in [3.05, 3.63) is 65.0 Å².